The summed E-state index contributed by atoms with van der Waals surface area (Å²) in [4.78, 5) is 16.6. The van der Waals surface area contributed by atoms with Crippen LogP contribution in [-0.4, -0.2) is 20.5 Å². The van der Waals surface area contributed by atoms with E-state index in [4.69, 9.17) is 0 Å². The second kappa shape index (κ2) is 7.20. The second-order valence-electron chi connectivity index (χ2n) is 6.29. The number of fused-ring (bicyclic) bond motifs is 1. The molecule has 4 aromatic rings. The molecule has 0 aliphatic rings. The zero-order chi connectivity index (χ0) is 18.8. The average Bonchev–Trinajstić information content (AvgIpc) is 3.21. The molecule has 1 amide bonds. The van der Waals surface area contributed by atoms with Gasteiger partial charge in [0.2, 0.25) is 16.0 Å². The Morgan fingerprint density at radius 1 is 1.19 bits per heavy atom. The largest absolute Gasteiger partial charge is 0.356 e. The molecule has 0 radical (unpaired) electrons. The third-order valence-corrected chi connectivity index (χ3v) is 5.14. The van der Waals surface area contributed by atoms with Crippen molar-refractivity contribution >= 4 is 33.0 Å². The summed E-state index contributed by atoms with van der Waals surface area (Å²) in [7, 11) is 0. The van der Waals surface area contributed by atoms with Crippen molar-refractivity contribution in [2.24, 2.45) is 0 Å². The van der Waals surface area contributed by atoms with E-state index in [0.29, 0.717) is 0 Å². The van der Waals surface area contributed by atoms with Crippen molar-refractivity contribution < 1.29 is 4.79 Å². The van der Waals surface area contributed by atoms with Crippen LogP contribution in [-0.2, 0) is 11.3 Å². The van der Waals surface area contributed by atoms with E-state index in [1.54, 1.807) is 6.20 Å². The van der Waals surface area contributed by atoms with Crippen LogP contribution in [0.1, 0.15) is 18.1 Å². The van der Waals surface area contributed by atoms with Crippen LogP contribution < -0.4 is 10.6 Å². The van der Waals surface area contributed by atoms with Crippen LogP contribution in [0.2, 0.25) is 0 Å². The molecule has 27 heavy (non-hydrogen) atoms. The first kappa shape index (κ1) is 17.2. The van der Waals surface area contributed by atoms with Crippen LogP contribution in [0.5, 0.6) is 0 Å². The van der Waals surface area contributed by atoms with E-state index in [-0.39, 0.29) is 5.91 Å². The van der Waals surface area contributed by atoms with E-state index in [0.717, 1.165) is 33.6 Å². The summed E-state index contributed by atoms with van der Waals surface area (Å²) in [5.41, 5.74) is 5.08. The van der Waals surface area contributed by atoms with Gasteiger partial charge in [0.05, 0.1) is 11.9 Å². The van der Waals surface area contributed by atoms with Crippen molar-refractivity contribution in [3.05, 3.63) is 65.9 Å². The third kappa shape index (κ3) is 3.68. The normalized spacial score (nSPS) is 10.9. The van der Waals surface area contributed by atoms with Gasteiger partial charge in [-0.2, -0.15) is 0 Å². The molecule has 0 bridgehead atoms. The molecule has 4 rings (SSSR count). The van der Waals surface area contributed by atoms with E-state index in [1.807, 2.05) is 40.9 Å². The highest BCUT2D eigenvalue weighted by Gasteiger charge is 2.12. The van der Waals surface area contributed by atoms with E-state index >= 15 is 0 Å². The van der Waals surface area contributed by atoms with Crippen LogP contribution in [0.15, 0.2) is 54.7 Å². The monoisotopic (exact) mass is 377 g/mol. The van der Waals surface area contributed by atoms with Crippen LogP contribution in [0.4, 0.5) is 10.8 Å². The van der Waals surface area contributed by atoms with Gasteiger partial charge < -0.3 is 10.6 Å². The first-order valence-corrected chi connectivity index (χ1v) is 9.43. The minimum atomic E-state index is -0.0954. The number of aryl methyl sites for hydroxylation is 1. The SMILES string of the molecule is CC(=O)Nc1cccc(-c2cnc3sc(NCc4ccccc4C)nn23)c1. The molecule has 0 aliphatic heterocycles. The molecule has 0 atom stereocenters. The summed E-state index contributed by atoms with van der Waals surface area (Å²) < 4.78 is 1.83. The van der Waals surface area contributed by atoms with E-state index in [1.165, 1.54) is 29.4 Å². The van der Waals surface area contributed by atoms with Crippen LogP contribution >= 0.6 is 11.3 Å². The molecule has 2 aromatic carbocycles. The summed E-state index contributed by atoms with van der Waals surface area (Å²) in [6.07, 6.45) is 1.80. The molecule has 0 unspecified atom stereocenters. The Kier molecular flexibility index (Phi) is 4.60. The molecule has 0 saturated heterocycles. The molecular weight excluding hydrogens is 358 g/mol. The summed E-state index contributed by atoms with van der Waals surface area (Å²) in [6.45, 7) is 4.32. The molecule has 2 aromatic heterocycles. The van der Waals surface area contributed by atoms with Crippen molar-refractivity contribution in [2.75, 3.05) is 10.6 Å². The standard InChI is InChI=1S/C20H19N5OS/c1-13-6-3-4-7-16(13)11-21-19-24-25-18(12-22-20(25)27-19)15-8-5-9-17(10-15)23-14(2)26/h3-10,12H,11H2,1-2H3,(H,21,24)(H,23,26). The third-order valence-electron chi connectivity index (χ3n) is 4.26. The predicted molar refractivity (Wildman–Crippen MR) is 109 cm³/mol. The lowest BCUT2D eigenvalue weighted by Gasteiger charge is -2.06. The highest BCUT2D eigenvalue weighted by atomic mass is 32.1. The zero-order valence-corrected chi connectivity index (χ0v) is 15.9. The van der Waals surface area contributed by atoms with Crippen molar-refractivity contribution in [2.45, 2.75) is 20.4 Å². The summed E-state index contributed by atoms with van der Waals surface area (Å²) in [6, 6.07) is 16.0. The lowest BCUT2D eigenvalue weighted by Crippen LogP contribution is -2.05. The van der Waals surface area contributed by atoms with E-state index < -0.39 is 0 Å². The van der Waals surface area contributed by atoms with Crippen LogP contribution in [0.25, 0.3) is 16.2 Å². The Hall–Kier alpha value is -3.19. The van der Waals surface area contributed by atoms with Gasteiger partial charge in [0, 0.05) is 24.7 Å². The fourth-order valence-corrected chi connectivity index (χ4v) is 3.67. The number of anilines is 2. The molecule has 0 spiro atoms. The number of aromatic nitrogens is 3. The molecule has 2 N–H and O–H groups in total. The Morgan fingerprint density at radius 3 is 2.85 bits per heavy atom. The highest BCUT2D eigenvalue weighted by molar-refractivity contribution is 7.20. The lowest BCUT2D eigenvalue weighted by molar-refractivity contribution is -0.114. The molecule has 0 aliphatic carbocycles. The number of rotatable bonds is 5. The van der Waals surface area contributed by atoms with Gasteiger partial charge in [-0.3, -0.25) is 4.79 Å². The minimum Gasteiger partial charge on any atom is -0.356 e. The number of carbonyl (C=O) groups excluding carboxylic acids is 1. The number of carbonyl (C=O) groups is 1. The maximum absolute atomic E-state index is 11.3. The highest BCUT2D eigenvalue weighted by Crippen LogP contribution is 2.28. The topological polar surface area (TPSA) is 71.3 Å². The maximum Gasteiger partial charge on any atom is 0.221 e. The maximum atomic E-state index is 11.3. The van der Waals surface area contributed by atoms with Gasteiger partial charge in [-0.25, -0.2) is 9.50 Å². The van der Waals surface area contributed by atoms with Gasteiger partial charge in [0.15, 0.2) is 0 Å². The van der Waals surface area contributed by atoms with Gasteiger partial charge in [-0.15, -0.1) is 5.10 Å². The number of nitrogens with zero attached hydrogens (tertiary/aromatic N) is 3. The van der Waals surface area contributed by atoms with Crippen molar-refractivity contribution in [1.82, 2.24) is 14.6 Å². The van der Waals surface area contributed by atoms with Crippen molar-refractivity contribution in [3.63, 3.8) is 0 Å². The van der Waals surface area contributed by atoms with Gasteiger partial charge in [-0.1, -0.05) is 47.7 Å². The van der Waals surface area contributed by atoms with Crippen LogP contribution in [0.3, 0.4) is 0 Å². The fraction of sp³-hybridized carbons (Fsp3) is 0.150. The molecule has 2 heterocycles. The Labute approximate surface area is 160 Å². The molecular formula is C20H19N5OS. The number of hydrogen-bond donors (Lipinski definition) is 2. The van der Waals surface area contributed by atoms with Crippen molar-refractivity contribution in [3.8, 4) is 11.3 Å². The molecule has 7 heteroatoms. The summed E-state index contributed by atoms with van der Waals surface area (Å²) >= 11 is 1.51. The summed E-state index contributed by atoms with van der Waals surface area (Å²) in [5, 5.41) is 11.7. The number of benzene rings is 2. The Balaban J connectivity index is 1.59. The number of amides is 1. The second-order valence-corrected chi connectivity index (χ2v) is 7.24. The van der Waals surface area contributed by atoms with Crippen LogP contribution in [0, 0.1) is 6.92 Å². The lowest BCUT2D eigenvalue weighted by atomic mass is 10.1. The molecule has 136 valence electrons. The number of imidazole rings is 1. The van der Waals surface area contributed by atoms with Gasteiger partial charge in [0.25, 0.3) is 0 Å². The predicted octanol–water partition coefficient (Wildman–Crippen LogP) is 4.34. The van der Waals surface area contributed by atoms with Gasteiger partial charge in [0.1, 0.15) is 0 Å². The zero-order valence-electron chi connectivity index (χ0n) is 15.1. The van der Waals surface area contributed by atoms with E-state index in [9.17, 15) is 4.79 Å². The Morgan fingerprint density at radius 2 is 2.04 bits per heavy atom. The molecule has 6 nitrogen and oxygen atoms in total. The minimum absolute atomic E-state index is 0.0954. The number of nitrogens with one attached hydrogen (secondary N) is 2. The average molecular weight is 377 g/mol. The molecule has 0 fully saturated rings. The first-order valence-electron chi connectivity index (χ1n) is 8.61. The first-order chi connectivity index (χ1) is 13.1. The van der Waals surface area contributed by atoms with Gasteiger partial charge >= 0.3 is 0 Å². The quantitative estimate of drug-likeness (QED) is 0.543. The fourth-order valence-electron chi connectivity index (χ4n) is 2.90. The smallest absolute Gasteiger partial charge is 0.221 e. The number of hydrogen-bond acceptors (Lipinski definition) is 5. The van der Waals surface area contributed by atoms with Gasteiger partial charge in [-0.05, 0) is 30.2 Å². The summed E-state index contributed by atoms with van der Waals surface area (Å²) in [5.74, 6) is -0.0954. The van der Waals surface area contributed by atoms with E-state index in [2.05, 4.69) is 39.8 Å². The molecule has 0 saturated carbocycles. The van der Waals surface area contributed by atoms with Crippen molar-refractivity contribution in [1.29, 1.82) is 0 Å². The Bertz CT molecular complexity index is 1110.